The molecule has 2 fully saturated rings. The van der Waals surface area contributed by atoms with Gasteiger partial charge in [0.05, 0.1) is 11.4 Å². The smallest absolute Gasteiger partial charge is 0.274 e. The largest absolute Gasteiger partial charge is 0.457 e. The van der Waals surface area contributed by atoms with E-state index in [0.717, 1.165) is 41.9 Å². The van der Waals surface area contributed by atoms with Crippen molar-refractivity contribution in [2.75, 3.05) is 29.7 Å². The average Bonchev–Trinajstić information content (AvgIpc) is 3.58. The van der Waals surface area contributed by atoms with Gasteiger partial charge < -0.3 is 19.6 Å². The van der Waals surface area contributed by atoms with E-state index in [1.54, 1.807) is 25.5 Å². The van der Waals surface area contributed by atoms with Crippen LogP contribution in [0.2, 0.25) is 0 Å². The number of ether oxygens (including phenoxy) is 1. The van der Waals surface area contributed by atoms with Crippen molar-refractivity contribution in [3.8, 4) is 22.6 Å². The molecule has 0 bridgehead atoms. The van der Waals surface area contributed by atoms with E-state index in [1.165, 1.54) is 33.7 Å². The topological polar surface area (TPSA) is 96.4 Å². The highest BCUT2D eigenvalue weighted by Crippen LogP contribution is 2.40. The second-order valence-electron chi connectivity index (χ2n) is 10.6. The van der Waals surface area contributed by atoms with Gasteiger partial charge >= 0.3 is 0 Å². The van der Waals surface area contributed by atoms with Gasteiger partial charge in [0, 0.05) is 42.5 Å². The summed E-state index contributed by atoms with van der Waals surface area (Å²) in [5.41, 5.74) is 3.78. The molecule has 4 heterocycles. The number of piperidine rings is 1. The SMILES string of the molecule is Cn1cc(-c2cc(N3CCCS3(=O)=O)ccc2Oc2ccc(CCC3CCNCC3)cc2)c2cc[nH]c2c1=O. The fraction of sp³-hybridized carbons (Fsp3) is 0.367. The minimum absolute atomic E-state index is 0.125. The summed E-state index contributed by atoms with van der Waals surface area (Å²) in [6.07, 6.45) is 8.88. The Balaban J connectivity index is 1.34. The molecule has 0 unspecified atom stereocenters. The molecular weight excluding hydrogens is 512 g/mol. The van der Waals surface area contributed by atoms with Crippen molar-refractivity contribution in [3.05, 3.63) is 76.8 Å². The van der Waals surface area contributed by atoms with Crippen molar-refractivity contribution in [3.63, 3.8) is 0 Å². The maximum absolute atomic E-state index is 12.7. The predicted molar refractivity (Wildman–Crippen MR) is 155 cm³/mol. The molecule has 9 heteroatoms. The van der Waals surface area contributed by atoms with Gasteiger partial charge in [-0.3, -0.25) is 9.10 Å². The van der Waals surface area contributed by atoms with Crippen molar-refractivity contribution in [1.29, 1.82) is 0 Å². The Bertz CT molecular complexity index is 1650. The van der Waals surface area contributed by atoms with Crippen LogP contribution >= 0.6 is 0 Å². The zero-order valence-corrected chi connectivity index (χ0v) is 23.0. The molecule has 2 aromatic heterocycles. The lowest BCUT2D eigenvalue weighted by Gasteiger charge is -2.22. The van der Waals surface area contributed by atoms with Crippen molar-refractivity contribution in [2.24, 2.45) is 13.0 Å². The fourth-order valence-electron chi connectivity index (χ4n) is 5.78. The normalized spacial score (nSPS) is 17.6. The van der Waals surface area contributed by atoms with Gasteiger partial charge in [0.2, 0.25) is 10.0 Å². The van der Waals surface area contributed by atoms with E-state index in [-0.39, 0.29) is 11.3 Å². The van der Waals surface area contributed by atoms with Crippen molar-refractivity contribution in [1.82, 2.24) is 14.9 Å². The Morgan fingerprint density at radius 1 is 1.03 bits per heavy atom. The highest BCUT2D eigenvalue weighted by atomic mass is 32.2. The van der Waals surface area contributed by atoms with Crippen LogP contribution in [0.15, 0.2) is 65.7 Å². The molecule has 4 aromatic rings. The zero-order chi connectivity index (χ0) is 27.0. The number of fused-ring (bicyclic) bond motifs is 1. The van der Waals surface area contributed by atoms with E-state index in [9.17, 15) is 13.2 Å². The van der Waals surface area contributed by atoms with Gasteiger partial charge in [-0.2, -0.15) is 0 Å². The minimum atomic E-state index is -3.35. The monoisotopic (exact) mass is 546 g/mol. The Kier molecular flexibility index (Phi) is 6.95. The van der Waals surface area contributed by atoms with Crippen LogP contribution in [0.25, 0.3) is 22.0 Å². The number of H-pyrrole nitrogens is 1. The molecule has 2 saturated heterocycles. The number of hydrogen-bond donors (Lipinski definition) is 2. The molecule has 0 radical (unpaired) electrons. The quantitative estimate of drug-likeness (QED) is 0.347. The first-order valence-electron chi connectivity index (χ1n) is 13.7. The van der Waals surface area contributed by atoms with Gasteiger partial charge in [-0.1, -0.05) is 12.1 Å². The Morgan fingerprint density at radius 2 is 1.82 bits per heavy atom. The molecule has 2 aliphatic rings. The van der Waals surface area contributed by atoms with Gasteiger partial charge in [0.15, 0.2) is 0 Å². The molecule has 0 aliphatic carbocycles. The number of aromatic nitrogens is 2. The van der Waals surface area contributed by atoms with Gasteiger partial charge in [-0.25, -0.2) is 8.42 Å². The van der Waals surface area contributed by atoms with E-state index < -0.39 is 10.0 Å². The molecule has 8 nitrogen and oxygen atoms in total. The number of sulfonamides is 1. The Morgan fingerprint density at radius 3 is 2.56 bits per heavy atom. The first-order chi connectivity index (χ1) is 18.9. The highest BCUT2D eigenvalue weighted by Gasteiger charge is 2.29. The van der Waals surface area contributed by atoms with Crippen LogP contribution in [0.3, 0.4) is 0 Å². The molecule has 0 spiro atoms. The first kappa shape index (κ1) is 25.7. The van der Waals surface area contributed by atoms with Crippen LogP contribution in [0.4, 0.5) is 5.69 Å². The molecule has 0 atom stereocenters. The van der Waals surface area contributed by atoms with Crippen molar-refractivity contribution >= 4 is 26.6 Å². The van der Waals surface area contributed by atoms with E-state index >= 15 is 0 Å². The second kappa shape index (κ2) is 10.5. The van der Waals surface area contributed by atoms with Crippen LogP contribution in [-0.2, 0) is 23.5 Å². The molecule has 2 aliphatic heterocycles. The highest BCUT2D eigenvalue weighted by molar-refractivity contribution is 7.93. The molecule has 2 N–H and O–H groups in total. The summed E-state index contributed by atoms with van der Waals surface area (Å²) in [7, 11) is -1.64. The summed E-state index contributed by atoms with van der Waals surface area (Å²) >= 11 is 0. The predicted octanol–water partition coefficient (Wildman–Crippen LogP) is 4.80. The van der Waals surface area contributed by atoms with Crippen LogP contribution in [0, 0.1) is 5.92 Å². The van der Waals surface area contributed by atoms with E-state index in [0.29, 0.717) is 35.7 Å². The summed E-state index contributed by atoms with van der Waals surface area (Å²) in [5.74, 6) is 2.24. The number of rotatable bonds is 7. The lowest BCUT2D eigenvalue weighted by atomic mass is 9.91. The summed E-state index contributed by atoms with van der Waals surface area (Å²) in [6.45, 7) is 2.69. The summed E-state index contributed by atoms with van der Waals surface area (Å²) in [4.78, 5) is 15.8. The number of pyridine rings is 1. The van der Waals surface area contributed by atoms with Crippen LogP contribution in [0.5, 0.6) is 11.5 Å². The number of benzene rings is 2. The van der Waals surface area contributed by atoms with Crippen molar-refractivity contribution in [2.45, 2.75) is 32.1 Å². The lowest BCUT2D eigenvalue weighted by Crippen LogP contribution is -2.27. The van der Waals surface area contributed by atoms with Crippen molar-refractivity contribution < 1.29 is 13.2 Å². The van der Waals surface area contributed by atoms with Crippen LogP contribution in [0.1, 0.15) is 31.2 Å². The van der Waals surface area contributed by atoms with E-state index in [2.05, 4.69) is 22.4 Å². The molecule has 39 heavy (non-hydrogen) atoms. The molecule has 6 rings (SSSR count). The lowest BCUT2D eigenvalue weighted by molar-refractivity contribution is 0.354. The standard InChI is InChI=1S/C30H34N4O4S/c1-33-20-27(25-13-16-32-29(25)30(33)35)26-19-23(34-17-2-18-39(34,36)37)7-10-28(26)38-24-8-5-21(6-9-24)3-4-22-11-14-31-15-12-22/h5-10,13,16,19-20,22,31-32H,2-4,11-12,14-15,17-18H2,1H3. The number of nitrogens with zero attached hydrogens (tertiary/aromatic N) is 2. The van der Waals surface area contributed by atoms with Gasteiger partial charge in [-0.05, 0) is 93.1 Å². The Labute approximate surface area is 228 Å². The minimum Gasteiger partial charge on any atom is -0.457 e. The zero-order valence-electron chi connectivity index (χ0n) is 22.2. The van der Waals surface area contributed by atoms with E-state index in [4.69, 9.17) is 4.74 Å². The summed E-state index contributed by atoms with van der Waals surface area (Å²) in [6, 6.07) is 15.6. The third-order valence-corrected chi connectivity index (χ3v) is 9.86. The molecular formula is C30H34N4O4S. The average molecular weight is 547 g/mol. The fourth-order valence-corrected chi connectivity index (χ4v) is 7.33. The van der Waals surface area contributed by atoms with Gasteiger partial charge in [-0.15, -0.1) is 0 Å². The Hall–Kier alpha value is -3.56. The summed E-state index contributed by atoms with van der Waals surface area (Å²) in [5, 5.41) is 4.19. The number of aryl methyl sites for hydroxylation is 2. The second-order valence-corrected chi connectivity index (χ2v) is 12.6. The third-order valence-electron chi connectivity index (χ3n) is 7.99. The maximum Gasteiger partial charge on any atom is 0.274 e. The molecule has 0 saturated carbocycles. The van der Waals surface area contributed by atoms with Gasteiger partial charge in [0.25, 0.3) is 5.56 Å². The third kappa shape index (κ3) is 5.21. The van der Waals surface area contributed by atoms with Crippen LogP contribution < -0.4 is 19.9 Å². The summed E-state index contributed by atoms with van der Waals surface area (Å²) < 4.78 is 34.8. The maximum atomic E-state index is 12.7. The van der Waals surface area contributed by atoms with Gasteiger partial charge in [0.1, 0.15) is 17.0 Å². The number of aromatic amines is 1. The molecule has 2 aromatic carbocycles. The molecule has 204 valence electrons. The van der Waals surface area contributed by atoms with Crippen LogP contribution in [-0.4, -0.2) is 43.4 Å². The molecule has 0 amide bonds. The number of hydrogen-bond acceptors (Lipinski definition) is 5. The number of nitrogens with one attached hydrogen (secondary N) is 2. The van der Waals surface area contributed by atoms with E-state index in [1.807, 2.05) is 30.3 Å². The number of anilines is 1. The first-order valence-corrected chi connectivity index (χ1v) is 15.3.